The number of carboxylic acids is 1. The lowest BCUT2D eigenvalue weighted by Gasteiger charge is -2.28. The maximum absolute atomic E-state index is 12.1. The van der Waals surface area contributed by atoms with Crippen molar-refractivity contribution < 1.29 is 18.3 Å². The second kappa shape index (κ2) is 5.11. The van der Waals surface area contributed by atoms with Gasteiger partial charge in [-0.05, 0) is 26.7 Å². The summed E-state index contributed by atoms with van der Waals surface area (Å²) in [4.78, 5) is 10.7. The lowest BCUT2D eigenvalue weighted by atomic mass is 10.4. The van der Waals surface area contributed by atoms with Crippen LogP contribution in [0.25, 0.3) is 0 Å². The van der Waals surface area contributed by atoms with Crippen LogP contribution in [0.3, 0.4) is 0 Å². The molecule has 1 aliphatic rings. The summed E-state index contributed by atoms with van der Waals surface area (Å²) >= 11 is 0. The van der Waals surface area contributed by atoms with E-state index in [1.165, 1.54) is 4.31 Å². The number of hydrogen-bond acceptors (Lipinski definition) is 3. The summed E-state index contributed by atoms with van der Waals surface area (Å²) in [6, 6.07) is -0.346. The summed E-state index contributed by atoms with van der Waals surface area (Å²) in [5, 5.41) is 8.71. The minimum atomic E-state index is -3.61. The quantitative estimate of drug-likeness (QED) is 0.752. The molecule has 0 aliphatic carbocycles. The molecule has 0 unspecified atom stereocenters. The number of hydrogen-bond donors (Lipinski definition) is 1. The minimum absolute atomic E-state index is 0.346. The monoisotopic (exact) mass is 250 g/mol. The molecule has 1 fully saturated rings. The lowest BCUT2D eigenvalue weighted by molar-refractivity contribution is -0.137. The predicted octanol–water partition coefficient (Wildman–Crippen LogP) is 0.122. The van der Waals surface area contributed by atoms with E-state index < -0.39 is 22.7 Å². The van der Waals surface area contributed by atoms with Gasteiger partial charge in [-0.2, -0.15) is 17.0 Å². The molecule has 0 spiro atoms. The Morgan fingerprint density at radius 2 is 1.88 bits per heavy atom. The van der Waals surface area contributed by atoms with Crippen molar-refractivity contribution in [3.8, 4) is 0 Å². The van der Waals surface area contributed by atoms with E-state index in [0.29, 0.717) is 13.1 Å². The smallest absolute Gasteiger partial charge is 0.318 e. The second-order valence-corrected chi connectivity index (χ2v) is 6.03. The molecule has 0 aromatic carbocycles. The van der Waals surface area contributed by atoms with Gasteiger partial charge < -0.3 is 5.11 Å². The van der Waals surface area contributed by atoms with Crippen LogP contribution in [0.4, 0.5) is 0 Å². The van der Waals surface area contributed by atoms with Gasteiger partial charge in [-0.25, -0.2) is 0 Å². The van der Waals surface area contributed by atoms with Crippen molar-refractivity contribution in [2.24, 2.45) is 0 Å². The molecule has 1 aliphatic heterocycles. The summed E-state index contributed by atoms with van der Waals surface area (Å²) in [5.41, 5.74) is 0. The van der Waals surface area contributed by atoms with Crippen molar-refractivity contribution in [3.05, 3.63) is 0 Å². The second-order valence-electron chi connectivity index (χ2n) is 4.15. The van der Waals surface area contributed by atoms with Crippen LogP contribution >= 0.6 is 0 Å². The summed E-state index contributed by atoms with van der Waals surface area (Å²) in [6.45, 7) is 3.86. The molecule has 0 aromatic rings. The molecule has 0 saturated carbocycles. The van der Waals surface area contributed by atoms with Gasteiger partial charge in [0.25, 0.3) is 10.2 Å². The number of aliphatic carboxylic acids is 1. The average molecular weight is 250 g/mol. The zero-order chi connectivity index (χ0) is 12.3. The standard InChI is InChI=1S/C9H18N2O4S/c1-8(2)11(7-9(12)13)16(14,15)10-5-3-4-6-10/h8H,3-7H2,1-2H3,(H,12,13). The SMILES string of the molecule is CC(C)N(CC(=O)O)S(=O)(=O)N1CCCC1. The van der Waals surface area contributed by atoms with Crippen molar-refractivity contribution in [2.45, 2.75) is 32.7 Å². The summed E-state index contributed by atoms with van der Waals surface area (Å²) in [7, 11) is -3.61. The van der Waals surface area contributed by atoms with Crippen molar-refractivity contribution >= 4 is 16.2 Å². The first-order valence-electron chi connectivity index (χ1n) is 5.34. The van der Waals surface area contributed by atoms with Gasteiger partial charge in [-0.3, -0.25) is 4.79 Å². The number of carboxylic acid groups (broad SMARTS) is 1. The Bertz CT molecular complexity index is 347. The third-order valence-corrected chi connectivity index (χ3v) is 4.72. The van der Waals surface area contributed by atoms with E-state index in [2.05, 4.69) is 0 Å². The zero-order valence-corrected chi connectivity index (χ0v) is 10.4. The largest absolute Gasteiger partial charge is 0.480 e. The molecule has 0 atom stereocenters. The first-order valence-corrected chi connectivity index (χ1v) is 6.74. The van der Waals surface area contributed by atoms with Crippen molar-refractivity contribution in [3.63, 3.8) is 0 Å². The van der Waals surface area contributed by atoms with Crippen LogP contribution in [-0.2, 0) is 15.0 Å². The predicted molar refractivity (Wildman–Crippen MR) is 59.2 cm³/mol. The van der Waals surface area contributed by atoms with Crippen LogP contribution in [0.2, 0.25) is 0 Å². The van der Waals surface area contributed by atoms with Crippen molar-refractivity contribution in [1.82, 2.24) is 8.61 Å². The molecule has 1 saturated heterocycles. The van der Waals surface area contributed by atoms with Crippen LogP contribution < -0.4 is 0 Å². The van der Waals surface area contributed by atoms with E-state index in [-0.39, 0.29) is 6.04 Å². The zero-order valence-electron chi connectivity index (χ0n) is 9.59. The fourth-order valence-electron chi connectivity index (χ4n) is 1.73. The van der Waals surface area contributed by atoms with Gasteiger partial charge in [0.2, 0.25) is 0 Å². The number of carbonyl (C=O) groups is 1. The molecule has 0 bridgehead atoms. The molecular weight excluding hydrogens is 232 g/mol. The third-order valence-electron chi connectivity index (χ3n) is 2.55. The number of nitrogens with zero attached hydrogens (tertiary/aromatic N) is 2. The first-order chi connectivity index (χ1) is 7.35. The van der Waals surface area contributed by atoms with Gasteiger partial charge in [0, 0.05) is 19.1 Å². The molecule has 16 heavy (non-hydrogen) atoms. The summed E-state index contributed by atoms with van der Waals surface area (Å²) in [6.07, 6.45) is 1.69. The van der Waals surface area contributed by atoms with E-state index in [0.717, 1.165) is 17.1 Å². The fraction of sp³-hybridized carbons (Fsp3) is 0.889. The minimum Gasteiger partial charge on any atom is -0.480 e. The molecule has 0 radical (unpaired) electrons. The average Bonchev–Trinajstić information content (AvgIpc) is 2.66. The molecule has 7 heteroatoms. The van der Waals surface area contributed by atoms with E-state index in [1.54, 1.807) is 13.8 Å². The van der Waals surface area contributed by atoms with Crippen LogP contribution in [0.1, 0.15) is 26.7 Å². The Morgan fingerprint density at radius 1 is 1.38 bits per heavy atom. The Balaban J connectivity index is 2.87. The Labute approximate surface area is 96.0 Å². The highest BCUT2D eigenvalue weighted by Gasteiger charge is 2.34. The van der Waals surface area contributed by atoms with Crippen LogP contribution in [0.15, 0.2) is 0 Å². The highest BCUT2D eigenvalue weighted by molar-refractivity contribution is 7.86. The normalized spacial score (nSPS) is 18.5. The summed E-state index contributed by atoms with van der Waals surface area (Å²) in [5.74, 6) is -1.13. The molecule has 0 aromatic heterocycles. The number of rotatable bonds is 5. The van der Waals surface area contributed by atoms with E-state index in [9.17, 15) is 13.2 Å². The molecule has 1 N–H and O–H groups in total. The Hall–Kier alpha value is -0.660. The first kappa shape index (κ1) is 13.4. The molecule has 6 nitrogen and oxygen atoms in total. The van der Waals surface area contributed by atoms with Gasteiger partial charge >= 0.3 is 5.97 Å². The van der Waals surface area contributed by atoms with Gasteiger partial charge in [0.15, 0.2) is 0 Å². The Kier molecular flexibility index (Phi) is 4.28. The highest BCUT2D eigenvalue weighted by Crippen LogP contribution is 2.18. The fourth-order valence-corrected chi connectivity index (χ4v) is 3.55. The molecule has 0 amide bonds. The van der Waals surface area contributed by atoms with Gasteiger partial charge in [0.05, 0.1) is 0 Å². The van der Waals surface area contributed by atoms with E-state index >= 15 is 0 Å². The summed E-state index contributed by atoms with van der Waals surface area (Å²) < 4.78 is 26.6. The van der Waals surface area contributed by atoms with Crippen LogP contribution in [0.5, 0.6) is 0 Å². The van der Waals surface area contributed by atoms with Gasteiger partial charge in [0.1, 0.15) is 6.54 Å². The lowest BCUT2D eigenvalue weighted by Crippen LogP contribution is -2.47. The maximum atomic E-state index is 12.1. The third kappa shape index (κ3) is 2.93. The van der Waals surface area contributed by atoms with Crippen LogP contribution in [-0.4, -0.2) is 53.8 Å². The molecule has 1 rings (SSSR count). The molecular formula is C9H18N2O4S. The highest BCUT2D eigenvalue weighted by atomic mass is 32.2. The van der Waals surface area contributed by atoms with E-state index in [1.807, 2.05) is 0 Å². The van der Waals surface area contributed by atoms with Crippen molar-refractivity contribution in [1.29, 1.82) is 0 Å². The molecule has 1 heterocycles. The maximum Gasteiger partial charge on any atom is 0.318 e. The molecule has 94 valence electrons. The topological polar surface area (TPSA) is 77.9 Å². The van der Waals surface area contributed by atoms with Crippen LogP contribution in [0, 0.1) is 0 Å². The van der Waals surface area contributed by atoms with Gasteiger partial charge in [-0.15, -0.1) is 0 Å². The van der Waals surface area contributed by atoms with E-state index in [4.69, 9.17) is 5.11 Å². The van der Waals surface area contributed by atoms with Crippen molar-refractivity contribution in [2.75, 3.05) is 19.6 Å². The Morgan fingerprint density at radius 3 is 2.25 bits per heavy atom. The van der Waals surface area contributed by atoms with Gasteiger partial charge in [-0.1, -0.05) is 0 Å².